The first-order valence-corrected chi connectivity index (χ1v) is 8.35. The van der Waals surface area contributed by atoms with Crippen LogP contribution in [0.5, 0.6) is 0 Å². The molecule has 0 radical (unpaired) electrons. The van der Waals surface area contributed by atoms with E-state index in [1.54, 1.807) is 20.3 Å². The van der Waals surface area contributed by atoms with Crippen molar-refractivity contribution in [2.75, 3.05) is 20.8 Å². The third-order valence-electron chi connectivity index (χ3n) is 5.15. The Balaban J connectivity index is 2.35. The molecular formula is C19H28O4. The Morgan fingerprint density at radius 3 is 2.74 bits per heavy atom. The zero-order chi connectivity index (χ0) is 17.0. The second kappa shape index (κ2) is 7.82. The van der Waals surface area contributed by atoms with Crippen molar-refractivity contribution in [2.24, 2.45) is 17.8 Å². The van der Waals surface area contributed by atoms with E-state index in [-0.39, 0.29) is 23.4 Å². The van der Waals surface area contributed by atoms with Crippen LogP contribution in [0.15, 0.2) is 34.8 Å². The summed E-state index contributed by atoms with van der Waals surface area (Å²) >= 11 is 0. The SMILES string of the molecule is C/C=C\C(OC)=C(\O)C1=C(C)CCC2CC(COC)C(=O)CC12. The van der Waals surface area contributed by atoms with Crippen LogP contribution in [0.1, 0.15) is 39.5 Å². The molecule has 1 N–H and O–H groups in total. The molecule has 0 bridgehead atoms. The number of ether oxygens (including phenoxy) is 2. The van der Waals surface area contributed by atoms with E-state index in [0.29, 0.717) is 24.7 Å². The highest BCUT2D eigenvalue weighted by molar-refractivity contribution is 5.83. The molecule has 128 valence electrons. The Morgan fingerprint density at radius 1 is 1.39 bits per heavy atom. The summed E-state index contributed by atoms with van der Waals surface area (Å²) in [6.07, 6.45) is 6.98. The van der Waals surface area contributed by atoms with Gasteiger partial charge in [-0.15, -0.1) is 0 Å². The summed E-state index contributed by atoms with van der Waals surface area (Å²) in [6, 6.07) is 0. The Labute approximate surface area is 138 Å². The molecule has 0 spiro atoms. The van der Waals surface area contributed by atoms with Gasteiger partial charge >= 0.3 is 0 Å². The van der Waals surface area contributed by atoms with Crippen molar-refractivity contribution in [3.05, 3.63) is 34.8 Å². The summed E-state index contributed by atoms with van der Waals surface area (Å²) < 4.78 is 10.5. The van der Waals surface area contributed by atoms with Crippen LogP contribution in [0, 0.1) is 17.8 Å². The second-order valence-electron chi connectivity index (χ2n) is 6.57. The zero-order valence-corrected chi connectivity index (χ0v) is 14.6. The lowest BCUT2D eigenvalue weighted by atomic mass is 9.64. The number of aliphatic hydroxyl groups excluding tert-OH is 1. The number of carbonyl (C=O) groups is 1. The predicted molar refractivity (Wildman–Crippen MR) is 90.0 cm³/mol. The number of hydrogen-bond acceptors (Lipinski definition) is 4. The Morgan fingerprint density at radius 2 is 2.13 bits per heavy atom. The molecule has 0 amide bonds. The molecule has 1 saturated carbocycles. The number of methoxy groups -OCH3 is 2. The second-order valence-corrected chi connectivity index (χ2v) is 6.57. The van der Waals surface area contributed by atoms with Crippen molar-refractivity contribution in [1.82, 2.24) is 0 Å². The highest BCUT2D eigenvalue weighted by Gasteiger charge is 2.41. The fourth-order valence-corrected chi connectivity index (χ4v) is 3.99. The van der Waals surface area contributed by atoms with Crippen molar-refractivity contribution in [2.45, 2.75) is 39.5 Å². The molecule has 0 aliphatic heterocycles. The summed E-state index contributed by atoms with van der Waals surface area (Å²) in [5, 5.41) is 10.7. The van der Waals surface area contributed by atoms with Gasteiger partial charge in [0.05, 0.1) is 13.7 Å². The van der Waals surface area contributed by atoms with Gasteiger partial charge in [-0.05, 0) is 51.0 Å². The van der Waals surface area contributed by atoms with Crippen LogP contribution in [0.3, 0.4) is 0 Å². The van der Waals surface area contributed by atoms with E-state index < -0.39 is 0 Å². The van der Waals surface area contributed by atoms with E-state index >= 15 is 0 Å². The summed E-state index contributed by atoms with van der Waals surface area (Å²) in [5.41, 5.74) is 2.08. The van der Waals surface area contributed by atoms with E-state index in [1.165, 1.54) is 5.57 Å². The first kappa shape index (κ1) is 17.8. The van der Waals surface area contributed by atoms with E-state index in [4.69, 9.17) is 9.47 Å². The maximum absolute atomic E-state index is 12.4. The van der Waals surface area contributed by atoms with E-state index in [2.05, 4.69) is 6.92 Å². The fraction of sp³-hybridized carbons (Fsp3) is 0.632. The number of hydrogen-bond donors (Lipinski definition) is 1. The van der Waals surface area contributed by atoms with Crippen LogP contribution in [-0.2, 0) is 14.3 Å². The van der Waals surface area contributed by atoms with E-state index in [0.717, 1.165) is 24.8 Å². The standard InChI is InChI=1S/C19H28O4/c1-5-6-17(23-4)19(21)18-12(2)7-8-13-9-14(11-22-3)16(20)10-15(13)18/h5-6,13-15,21H,7-11H2,1-4H3/b6-5-,19-17-. The van der Waals surface area contributed by atoms with Crippen molar-refractivity contribution < 1.29 is 19.4 Å². The van der Waals surface area contributed by atoms with Crippen molar-refractivity contribution in [3.8, 4) is 0 Å². The van der Waals surface area contributed by atoms with Gasteiger partial charge in [0.15, 0.2) is 11.5 Å². The molecule has 0 aromatic carbocycles. The quantitative estimate of drug-likeness (QED) is 0.615. The van der Waals surface area contributed by atoms with Gasteiger partial charge in [0.25, 0.3) is 0 Å². The maximum atomic E-state index is 12.4. The lowest BCUT2D eigenvalue weighted by molar-refractivity contribution is -0.129. The monoisotopic (exact) mass is 320 g/mol. The number of carbonyl (C=O) groups excluding carboxylic acids is 1. The Bertz CT molecular complexity index is 542. The van der Waals surface area contributed by atoms with Gasteiger partial charge in [0, 0.05) is 25.0 Å². The molecule has 0 aromatic heterocycles. The number of fused-ring (bicyclic) bond motifs is 1. The lowest BCUT2D eigenvalue weighted by Gasteiger charge is -2.40. The zero-order valence-electron chi connectivity index (χ0n) is 14.6. The third kappa shape index (κ3) is 3.69. The molecule has 0 heterocycles. The molecule has 1 fully saturated rings. The van der Waals surface area contributed by atoms with Gasteiger partial charge in [-0.3, -0.25) is 4.79 Å². The number of Topliss-reactive ketones (excluding diaryl/α,β-unsaturated/α-hetero) is 1. The first-order chi connectivity index (χ1) is 11.0. The normalized spacial score (nSPS) is 29.6. The van der Waals surface area contributed by atoms with Crippen molar-refractivity contribution >= 4 is 5.78 Å². The minimum atomic E-state index is 0.00413. The highest BCUT2D eigenvalue weighted by atomic mass is 16.5. The highest BCUT2D eigenvalue weighted by Crippen LogP contribution is 2.46. The number of aliphatic hydroxyl groups is 1. The molecule has 3 unspecified atom stereocenters. The maximum Gasteiger partial charge on any atom is 0.161 e. The number of ketones is 1. The summed E-state index contributed by atoms with van der Waals surface area (Å²) in [6.45, 7) is 4.44. The minimum Gasteiger partial charge on any atom is -0.504 e. The average molecular weight is 320 g/mol. The lowest BCUT2D eigenvalue weighted by Crippen LogP contribution is -2.37. The molecule has 2 aliphatic rings. The smallest absolute Gasteiger partial charge is 0.161 e. The van der Waals surface area contributed by atoms with Crippen molar-refractivity contribution in [3.63, 3.8) is 0 Å². The summed E-state index contributed by atoms with van der Waals surface area (Å²) in [5.74, 6) is 1.43. The predicted octanol–water partition coefficient (Wildman–Crippen LogP) is 3.95. The molecule has 2 aliphatic carbocycles. The molecule has 23 heavy (non-hydrogen) atoms. The van der Waals surface area contributed by atoms with E-state index in [1.807, 2.05) is 13.0 Å². The fourth-order valence-electron chi connectivity index (χ4n) is 3.99. The van der Waals surface area contributed by atoms with Crippen molar-refractivity contribution in [1.29, 1.82) is 0 Å². The Hall–Kier alpha value is -1.55. The van der Waals surface area contributed by atoms with Crippen LogP contribution < -0.4 is 0 Å². The molecule has 0 aromatic rings. The topological polar surface area (TPSA) is 55.8 Å². The third-order valence-corrected chi connectivity index (χ3v) is 5.15. The Kier molecular flexibility index (Phi) is 6.05. The largest absolute Gasteiger partial charge is 0.504 e. The average Bonchev–Trinajstić information content (AvgIpc) is 2.53. The number of allylic oxidation sites excluding steroid dienone is 4. The van der Waals surface area contributed by atoms with Gasteiger partial charge < -0.3 is 14.6 Å². The molecule has 4 nitrogen and oxygen atoms in total. The summed E-state index contributed by atoms with van der Waals surface area (Å²) in [4.78, 5) is 12.4. The van der Waals surface area contributed by atoms with Crippen LogP contribution in [-0.4, -0.2) is 31.7 Å². The van der Waals surface area contributed by atoms with Gasteiger partial charge in [-0.1, -0.05) is 11.6 Å². The summed E-state index contributed by atoms with van der Waals surface area (Å²) in [7, 11) is 3.20. The first-order valence-electron chi connectivity index (χ1n) is 8.35. The molecular weight excluding hydrogens is 292 g/mol. The van der Waals surface area contributed by atoms with Gasteiger partial charge in [0.2, 0.25) is 0 Å². The number of rotatable bonds is 5. The van der Waals surface area contributed by atoms with Crippen LogP contribution in [0.2, 0.25) is 0 Å². The van der Waals surface area contributed by atoms with E-state index in [9.17, 15) is 9.90 Å². The molecule has 4 heteroatoms. The minimum absolute atomic E-state index is 0.00413. The van der Waals surface area contributed by atoms with Gasteiger partial charge in [-0.2, -0.15) is 0 Å². The molecule has 0 saturated heterocycles. The molecule has 3 atom stereocenters. The van der Waals surface area contributed by atoms with Crippen LogP contribution in [0.4, 0.5) is 0 Å². The van der Waals surface area contributed by atoms with Crippen LogP contribution >= 0.6 is 0 Å². The molecule has 2 rings (SSSR count). The van der Waals surface area contributed by atoms with Gasteiger partial charge in [0.1, 0.15) is 5.78 Å². The van der Waals surface area contributed by atoms with Crippen LogP contribution in [0.25, 0.3) is 0 Å². The van der Waals surface area contributed by atoms with Gasteiger partial charge in [-0.25, -0.2) is 0 Å².